The number of aromatic nitrogens is 8. The molecule has 17 aromatic rings. The van der Waals surface area contributed by atoms with Gasteiger partial charge in [-0.25, -0.2) is 19.9 Å². The molecule has 0 fully saturated rings. The normalized spacial score (nSPS) is 11.0. The van der Waals surface area contributed by atoms with Gasteiger partial charge < -0.3 is 59.8 Å². The van der Waals surface area contributed by atoms with E-state index in [-0.39, 0.29) is 11.7 Å². The van der Waals surface area contributed by atoms with Crippen molar-refractivity contribution in [2.24, 2.45) is 0 Å². The predicted molar refractivity (Wildman–Crippen MR) is 573 cm³/mol. The first-order valence-corrected chi connectivity index (χ1v) is 46.8. The molecule has 19 heteroatoms. The summed E-state index contributed by atoms with van der Waals surface area (Å²) in [6, 6.07) is 93.9. The van der Waals surface area contributed by atoms with E-state index in [1.165, 1.54) is 22.5 Å². The van der Waals surface area contributed by atoms with Crippen LogP contribution >= 0.6 is 0 Å². The highest BCUT2D eigenvalue weighted by Gasteiger charge is 2.29. The third-order valence-corrected chi connectivity index (χ3v) is 25.4. The van der Waals surface area contributed by atoms with Gasteiger partial charge in [-0.3, -0.25) is 13.9 Å². The van der Waals surface area contributed by atoms with Crippen molar-refractivity contribution in [3.05, 3.63) is 329 Å². The molecule has 17 rings (SSSR count). The van der Waals surface area contributed by atoms with Gasteiger partial charge in [-0.15, -0.1) is 0 Å². The molecule has 0 aliphatic carbocycles. The van der Waals surface area contributed by atoms with Crippen LogP contribution in [0.5, 0.6) is 23.0 Å². The number of phenolic OH excluding ortho intramolecular Hbond substituents is 4. The molecule has 0 spiro atoms. The molecule has 0 aliphatic rings. The van der Waals surface area contributed by atoms with Gasteiger partial charge in [0.1, 0.15) is 46.3 Å². The zero-order valence-electron chi connectivity index (χ0n) is 83.4. The minimum Gasteiger partial charge on any atom is -0.507 e. The first-order chi connectivity index (χ1) is 65.6. The molecule has 0 bridgehead atoms. The Bertz CT molecular complexity index is 6860. The van der Waals surface area contributed by atoms with Gasteiger partial charge in [-0.05, 0) is 275 Å². The summed E-state index contributed by atoms with van der Waals surface area (Å²) in [6.07, 6.45) is 0. The van der Waals surface area contributed by atoms with Crippen LogP contribution in [0.3, 0.4) is 0 Å². The van der Waals surface area contributed by atoms with Crippen molar-refractivity contribution in [2.45, 2.75) is 104 Å². The molecule has 0 aliphatic heterocycles. The van der Waals surface area contributed by atoms with E-state index in [2.05, 4.69) is 258 Å². The van der Waals surface area contributed by atoms with Crippen LogP contribution in [-0.4, -0.2) is 148 Å². The molecular formula is C118H128N14O5. The van der Waals surface area contributed by atoms with E-state index in [4.69, 9.17) is 19.9 Å². The molecule has 0 unspecified atom stereocenters. The molecule has 13 aromatic carbocycles. The highest BCUT2D eigenvalue weighted by molar-refractivity contribution is 5.95. The van der Waals surface area contributed by atoms with Crippen LogP contribution in [0.15, 0.2) is 273 Å². The zero-order valence-corrected chi connectivity index (χ0v) is 83.4. The van der Waals surface area contributed by atoms with Crippen molar-refractivity contribution in [2.75, 3.05) is 112 Å². The summed E-state index contributed by atoms with van der Waals surface area (Å²) in [5, 5.41) is 41.2. The second-order valence-corrected chi connectivity index (χ2v) is 36.2. The van der Waals surface area contributed by atoms with Gasteiger partial charge in [0.05, 0.1) is 45.6 Å². The number of para-hydroxylation sites is 1. The standard InChI is InChI=1S/C37H42N4O.C29H32N4O2.C27H30N4O.C25H24N2O/c1-7-39(8-2)31-20-16-28(17-21-31)34-35(29-18-22-32(23-19-29)40(9-3)10-4)41(33-14-12-11-13-15-33)37(38-34)30-24-26(5)36(42)27(6)25-30;1-18-16-23(17-19(2)28(18)35)29-30-26(21-8-12-24(13-9-21)31(4)5)27(33(29)20(3)34)22-10-14-25(15-11-22)32(6)7;1-17-15-21(16-18(2)26(17)32)27-28-24(19-7-11-22(12-8-19)30(3)4)25(29-27)20-9-13-23(14-10-20)31(5)6;1-15-5-9-19(10-6-15)22-23(20-11-7-16(2)8-12-20)27-25(26-22)21-13-17(3)24(28)18(4)14-21/h11-25,42H,7-10H2,1-6H3;8-17,35H,1-7H3;7-16,32H,1-6H3,(H,28,29);5-14,28H,1-4H3,(H,26,27). The second kappa shape index (κ2) is 42.3. The molecule has 19 nitrogen and oxygen atoms in total. The number of carbonyl (C=O) groups excluding carboxylic acids is 1. The van der Waals surface area contributed by atoms with Crippen LogP contribution in [0.1, 0.15) is 95.0 Å². The fraction of sp³-hybridized carbons (Fsp3) is 0.229. The number of nitrogens with one attached hydrogen (secondary N) is 2. The van der Waals surface area contributed by atoms with E-state index in [9.17, 15) is 25.2 Å². The van der Waals surface area contributed by atoms with Crippen LogP contribution in [0, 0.1) is 69.2 Å². The average molecular weight is 1820 g/mol. The van der Waals surface area contributed by atoms with Crippen LogP contribution in [0.25, 0.3) is 141 Å². The van der Waals surface area contributed by atoms with E-state index >= 15 is 0 Å². The van der Waals surface area contributed by atoms with Gasteiger partial charge in [0.2, 0.25) is 5.91 Å². The van der Waals surface area contributed by atoms with Crippen LogP contribution in [0.2, 0.25) is 0 Å². The second-order valence-electron chi connectivity index (χ2n) is 36.2. The Morgan fingerprint density at radius 2 is 0.540 bits per heavy atom. The van der Waals surface area contributed by atoms with Crippen molar-refractivity contribution < 1.29 is 25.2 Å². The number of aryl methyl sites for hydroxylation is 10. The van der Waals surface area contributed by atoms with E-state index < -0.39 is 0 Å². The molecule has 4 heterocycles. The molecule has 0 atom stereocenters. The number of benzene rings is 13. The van der Waals surface area contributed by atoms with Gasteiger partial charge in [0, 0.05) is 196 Å². The maximum Gasteiger partial charge on any atom is 0.229 e. The molecule has 0 radical (unpaired) electrons. The number of carbonyl (C=O) groups is 1. The van der Waals surface area contributed by atoms with Crippen LogP contribution in [-0.2, 0) is 0 Å². The SMILES string of the molecule is CC(=O)n1c(-c2cc(C)c(O)c(C)c2)nc(-c2ccc(N(C)C)cc2)c1-c1ccc(N(C)C)cc1.CCN(CC)c1ccc(-c2nc(-c3cc(C)c(O)c(C)c3)n(-c3ccccc3)c2-c2ccc(N(CC)CC)cc2)cc1.Cc1cc(-c2nc(-c3ccc(N(C)C)cc3)c(-c3ccc(N(C)C)cc3)[nH]2)cc(C)c1O.Cc1ccc(-c2nc(-c3cc(C)c(O)c(C)c3)[nH]c2-c2ccc(C)cc2)cc1. The fourth-order valence-electron chi connectivity index (χ4n) is 17.5. The summed E-state index contributed by atoms with van der Waals surface area (Å²) in [6.45, 7) is 33.6. The molecule has 4 aromatic heterocycles. The van der Waals surface area contributed by atoms with Crippen molar-refractivity contribution in [1.29, 1.82) is 0 Å². The highest BCUT2D eigenvalue weighted by Crippen LogP contribution is 2.45. The van der Waals surface area contributed by atoms with E-state index in [1.54, 1.807) is 11.5 Å². The average Bonchev–Trinajstić information content (AvgIpc) is 1.60. The Kier molecular flexibility index (Phi) is 30.1. The first kappa shape index (κ1) is 97.4. The van der Waals surface area contributed by atoms with Gasteiger partial charge in [-0.1, -0.05) is 151 Å². The molecule has 0 saturated carbocycles. The van der Waals surface area contributed by atoms with Crippen molar-refractivity contribution in [3.63, 3.8) is 0 Å². The predicted octanol–water partition coefficient (Wildman–Crippen LogP) is 27.1. The maximum atomic E-state index is 13.1. The monoisotopic (exact) mass is 1820 g/mol. The first-order valence-electron chi connectivity index (χ1n) is 46.8. The quantitative estimate of drug-likeness (QED) is 0.0352. The van der Waals surface area contributed by atoms with E-state index in [0.29, 0.717) is 23.1 Å². The maximum absolute atomic E-state index is 13.1. The number of H-pyrrole nitrogens is 2. The molecule has 6 N–H and O–H groups in total. The number of aromatic hydroxyl groups is 4. The van der Waals surface area contributed by atoms with Crippen LogP contribution < -0.4 is 29.4 Å². The fourth-order valence-corrected chi connectivity index (χ4v) is 17.5. The summed E-state index contributed by atoms with van der Waals surface area (Å²) in [7, 11) is 16.2. The Labute approximate surface area is 808 Å². The van der Waals surface area contributed by atoms with Crippen molar-refractivity contribution in [3.8, 4) is 164 Å². The summed E-state index contributed by atoms with van der Waals surface area (Å²) >= 11 is 0. The number of nitrogens with zero attached hydrogens (tertiary/aromatic N) is 12. The van der Waals surface area contributed by atoms with Crippen molar-refractivity contribution in [1.82, 2.24) is 39.0 Å². The van der Waals surface area contributed by atoms with Gasteiger partial charge in [0.25, 0.3) is 0 Å². The van der Waals surface area contributed by atoms with E-state index in [0.717, 1.165) is 229 Å². The topological polar surface area (TPSA) is 210 Å². The Morgan fingerprint density at radius 3 is 0.854 bits per heavy atom. The largest absolute Gasteiger partial charge is 0.507 e. The summed E-state index contributed by atoms with van der Waals surface area (Å²) in [4.78, 5) is 53.5. The third-order valence-electron chi connectivity index (χ3n) is 25.4. The molecule has 137 heavy (non-hydrogen) atoms. The van der Waals surface area contributed by atoms with Gasteiger partial charge in [0.15, 0.2) is 0 Å². The minimum absolute atomic E-state index is 0.126. The Hall–Kier alpha value is -15.6. The summed E-state index contributed by atoms with van der Waals surface area (Å²) in [5.74, 6) is 4.13. The van der Waals surface area contributed by atoms with Crippen LogP contribution in [0.4, 0.5) is 34.1 Å². The van der Waals surface area contributed by atoms with Gasteiger partial charge in [-0.2, -0.15) is 0 Å². The molecular weight excluding hydrogens is 1690 g/mol. The zero-order chi connectivity index (χ0) is 98.1. The third kappa shape index (κ3) is 21.5. The van der Waals surface area contributed by atoms with Gasteiger partial charge >= 0.3 is 0 Å². The minimum atomic E-state index is -0.126. The number of anilines is 6. The lowest BCUT2D eigenvalue weighted by molar-refractivity contribution is 0.0940. The highest BCUT2D eigenvalue weighted by atomic mass is 16.3. The Morgan fingerprint density at radius 1 is 0.285 bits per heavy atom. The number of phenols is 4. The molecule has 0 saturated heterocycles. The number of aromatic amines is 2. The molecule has 0 amide bonds. The number of hydrogen-bond donors (Lipinski definition) is 6. The lowest BCUT2D eigenvalue weighted by Gasteiger charge is -2.22. The number of rotatable bonds is 23. The number of imidazole rings is 4. The lowest BCUT2D eigenvalue weighted by Crippen LogP contribution is -2.21. The lowest BCUT2D eigenvalue weighted by atomic mass is 10.0. The summed E-state index contributed by atoms with van der Waals surface area (Å²) in [5.41, 5.74) is 36.2. The number of hydrogen-bond acceptors (Lipinski definition) is 15. The van der Waals surface area contributed by atoms with Crippen molar-refractivity contribution >= 4 is 40.0 Å². The smallest absolute Gasteiger partial charge is 0.229 e. The summed E-state index contributed by atoms with van der Waals surface area (Å²) < 4.78 is 3.95. The molecule has 700 valence electrons. The van der Waals surface area contributed by atoms with E-state index in [1.807, 2.05) is 213 Å². The Balaban J connectivity index is 0.000000147.